The minimum Gasteiger partial charge on any atom is -0.352 e. The second kappa shape index (κ2) is 7.53. The van der Waals surface area contributed by atoms with Gasteiger partial charge >= 0.3 is 0 Å². The van der Waals surface area contributed by atoms with Gasteiger partial charge in [0, 0.05) is 23.8 Å². The monoisotopic (exact) mass is 286 g/mol. The van der Waals surface area contributed by atoms with Crippen LogP contribution >= 0.6 is 11.8 Å². The van der Waals surface area contributed by atoms with Gasteiger partial charge in [-0.15, -0.1) is 0 Å². The summed E-state index contributed by atoms with van der Waals surface area (Å²) in [5, 5.41) is 3.78. The lowest BCUT2D eigenvalue weighted by Crippen LogP contribution is -2.45. The Hall–Kier alpha value is -0.220. The van der Waals surface area contributed by atoms with Crippen molar-refractivity contribution < 1.29 is 4.79 Å². The standard InChI is InChI=1S/C15H30N2OS/c1-15(2,3)10-11(16)9-14(18)17-12-7-5-6-8-13(12)19-4/h11-13H,5-10,16H2,1-4H3,(H,17,18). The average molecular weight is 286 g/mol. The zero-order valence-electron chi connectivity index (χ0n) is 12.9. The Labute approximate surface area is 122 Å². The molecule has 0 aromatic heterocycles. The van der Waals surface area contributed by atoms with E-state index in [-0.39, 0.29) is 17.4 Å². The van der Waals surface area contributed by atoms with Crippen molar-refractivity contribution >= 4 is 17.7 Å². The van der Waals surface area contributed by atoms with Crippen LogP contribution < -0.4 is 11.1 Å². The fourth-order valence-electron chi connectivity index (χ4n) is 2.91. The van der Waals surface area contributed by atoms with E-state index < -0.39 is 0 Å². The van der Waals surface area contributed by atoms with Gasteiger partial charge in [0.25, 0.3) is 0 Å². The molecule has 0 bridgehead atoms. The highest BCUT2D eigenvalue weighted by atomic mass is 32.2. The molecule has 1 fully saturated rings. The quantitative estimate of drug-likeness (QED) is 0.817. The molecule has 0 heterocycles. The Balaban J connectivity index is 2.37. The molecule has 0 radical (unpaired) electrons. The molecule has 19 heavy (non-hydrogen) atoms. The van der Waals surface area contributed by atoms with Crippen molar-refractivity contribution in [2.24, 2.45) is 11.1 Å². The SMILES string of the molecule is CSC1CCCCC1NC(=O)CC(N)CC(C)(C)C. The number of hydrogen-bond donors (Lipinski definition) is 2. The second-order valence-corrected chi connectivity index (χ2v) is 8.04. The van der Waals surface area contributed by atoms with Crippen LogP contribution in [0.5, 0.6) is 0 Å². The molecular weight excluding hydrogens is 256 g/mol. The molecule has 1 aliphatic rings. The van der Waals surface area contributed by atoms with Gasteiger partial charge in [0.1, 0.15) is 0 Å². The van der Waals surface area contributed by atoms with E-state index in [2.05, 4.69) is 32.3 Å². The first-order valence-corrected chi connectivity index (χ1v) is 8.68. The van der Waals surface area contributed by atoms with Gasteiger partial charge in [-0.25, -0.2) is 0 Å². The van der Waals surface area contributed by atoms with E-state index in [1.807, 2.05) is 11.8 Å². The van der Waals surface area contributed by atoms with Crippen LogP contribution in [0, 0.1) is 5.41 Å². The van der Waals surface area contributed by atoms with Crippen molar-refractivity contribution in [3.63, 3.8) is 0 Å². The van der Waals surface area contributed by atoms with Crippen molar-refractivity contribution in [1.82, 2.24) is 5.32 Å². The molecule has 3 atom stereocenters. The second-order valence-electron chi connectivity index (χ2n) is 6.96. The highest BCUT2D eigenvalue weighted by molar-refractivity contribution is 7.99. The lowest BCUT2D eigenvalue weighted by atomic mass is 9.87. The Kier molecular flexibility index (Phi) is 6.67. The highest BCUT2D eigenvalue weighted by Crippen LogP contribution is 2.27. The fraction of sp³-hybridized carbons (Fsp3) is 0.933. The van der Waals surface area contributed by atoms with Crippen LogP contribution in [-0.2, 0) is 4.79 Å². The number of hydrogen-bond acceptors (Lipinski definition) is 3. The van der Waals surface area contributed by atoms with Crippen molar-refractivity contribution in [1.29, 1.82) is 0 Å². The smallest absolute Gasteiger partial charge is 0.221 e. The third-order valence-corrected chi connectivity index (χ3v) is 4.84. The van der Waals surface area contributed by atoms with Crippen molar-refractivity contribution in [3.05, 3.63) is 0 Å². The van der Waals surface area contributed by atoms with Crippen LogP contribution in [0.3, 0.4) is 0 Å². The van der Waals surface area contributed by atoms with Crippen LogP contribution in [0.2, 0.25) is 0 Å². The Bertz CT molecular complexity index is 288. The largest absolute Gasteiger partial charge is 0.352 e. The van der Waals surface area contributed by atoms with Crippen LogP contribution in [0.15, 0.2) is 0 Å². The van der Waals surface area contributed by atoms with Crippen molar-refractivity contribution in [2.45, 2.75) is 76.6 Å². The summed E-state index contributed by atoms with van der Waals surface area (Å²) < 4.78 is 0. The molecule has 4 heteroatoms. The maximum absolute atomic E-state index is 12.1. The summed E-state index contributed by atoms with van der Waals surface area (Å²) in [6.45, 7) is 6.49. The molecule has 112 valence electrons. The number of nitrogens with one attached hydrogen (secondary N) is 1. The summed E-state index contributed by atoms with van der Waals surface area (Å²) in [5.74, 6) is 0.128. The number of carbonyl (C=O) groups is 1. The molecule has 1 saturated carbocycles. The number of thioether (sulfide) groups is 1. The molecule has 0 aromatic rings. The van der Waals surface area contributed by atoms with Gasteiger partial charge in [0.15, 0.2) is 0 Å². The van der Waals surface area contributed by atoms with Crippen LogP contribution in [0.1, 0.15) is 59.3 Å². The van der Waals surface area contributed by atoms with E-state index in [0.717, 1.165) is 12.8 Å². The molecular formula is C15H30N2OS. The Morgan fingerprint density at radius 1 is 1.37 bits per heavy atom. The molecule has 1 aliphatic carbocycles. The molecule has 3 nitrogen and oxygen atoms in total. The number of amides is 1. The molecule has 0 saturated heterocycles. The van der Waals surface area contributed by atoms with Gasteiger partial charge in [-0.1, -0.05) is 33.6 Å². The first kappa shape index (κ1) is 16.8. The lowest BCUT2D eigenvalue weighted by molar-refractivity contribution is -0.122. The predicted molar refractivity (Wildman–Crippen MR) is 84.4 cm³/mol. The van der Waals surface area contributed by atoms with E-state index in [9.17, 15) is 4.79 Å². The minimum absolute atomic E-state index is 0.0312. The van der Waals surface area contributed by atoms with Crippen LogP contribution in [0.4, 0.5) is 0 Å². The number of carbonyl (C=O) groups excluding carboxylic acids is 1. The van der Waals surface area contributed by atoms with E-state index in [1.54, 1.807) is 0 Å². The molecule has 0 aromatic carbocycles. The predicted octanol–water partition coefficient (Wildman–Crippen LogP) is 2.93. The maximum Gasteiger partial charge on any atom is 0.221 e. The Morgan fingerprint density at radius 3 is 2.58 bits per heavy atom. The summed E-state index contributed by atoms with van der Waals surface area (Å²) in [6, 6.07) is 0.314. The zero-order chi connectivity index (χ0) is 14.5. The van der Waals surface area contributed by atoms with Gasteiger partial charge in [-0.05, 0) is 30.9 Å². The maximum atomic E-state index is 12.1. The Morgan fingerprint density at radius 2 is 2.00 bits per heavy atom. The highest BCUT2D eigenvalue weighted by Gasteiger charge is 2.26. The normalized spacial score (nSPS) is 25.9. The molecule has 0 spiro atoms. The summed E-state index contributed by atoms with van der Waals surface area (Å²) in [5.41, 5.74) is 6.25. The zero-order valence-corrected chi connectivity index (χ0v) is 13.7. The summed E-state index contributed by atoms with van der Waals surface area (Å²) in [4.78, 5) is 12.1. The molecule has 0 aliphatic heterocycles. The summed E-state index contributed by atoms with van der Waals surface area (Å²) in [6.07, 6.45) is 8.34. The van der Waals surface area contributed by atoms with Gasteiger partial charge in [-0.2, -0.15) is 11.8 Å². The minimum atomic E-state index is -0.0312. The first-order valence-electron chi connectivity index (χ1n) is 7.39. The van der Waals surface area contributed by atoms with Crippen LogP contribution in [-0.4, -0.2) is 29.5 Å². The van der Waals surface area contributed by atoms with Gasteiger partial charge < -0.3 is 11.1 Å². The number of rotatable bonds is 5. The third kappa shape index (κ3) is 6.66. The summed E-state index contributed by atoms with van der Waals surface area (Å²) in [7, 11) is 0. The molecule has 3 unspecified atom stereocenters. The summed E-state index contributed by atoms with van der Waals surface area (Å²) >= 11 is 1.88. The van der Waals surface area contributed by atoms with Crippen molar-refractivity contribution in [2.75, 3.05) is 6.26 Å². The first-order chi connectivity index (χ1) is 8.81. The van der Waals surface area contributed by atoms with E-state index >= 15 is 0 Å². The van der Waals surface area contributed by atoms with Gasteiger partial charge in [0.05, 0.1) is 0 Å². The van der Waals surface area contributed by atoms with Crippen LogP contribution in [0.25, 0.3) is 0 Å². The topological polar surface area (TPSA) is 55.1 Å². The van der Waals surface area contributed by atoms with E-state index in [4.69, 9.17) is 5.73 Å². The fourth-order valence-corrected chi connectivity index (χ4v) is 3.84. The van der Waals surface area contributed by atoms with E-state index in [1.165, 1.54) is 19.3 Å². The number of nitrogens with two attached hydrogens (primary N) is 1. The third-order valence-electron chi connectivity index (χ3n) is 3.67. The lowest BCUT2D eigenvalue weighted by Gasteiger charge is -2.31. The van der Waals surface area contributed by atoms with Gasteiger partial charge in [0.2, 0.25) is 5.91 Å². The van der Waals surface area contributed by atoms with Crippen molar-refractivity contribution in [3.8, 4) is 0 Å². The molecule has 1 rings (SSSR count). The average Bonchev–Trinajstić information content (AvgIpc) is 2.26. The molecule has 1 amide bonds. The van der Waals surface area contributed by atoms with E-state index in [0.29, 0.717) is 17.7 Å². The van der Waals surface area contributed by atoms with Gasteiger partial charge in [-0.3, -0.25) is 4.79 Å². The molecule has 3 N–H and O–H groups in total.